The monoisotopic (exact) mass is 288 g/mol. The quantitative estimate of drug-likeness (QED) is 0.299. The van der Waals surface area contributed by atoms with Gasteiger partial charge in [0.2, 0.25) is 0 Å². The minimum atomic E-state index is -0.650. The van der Waals surface area contributed by atoms with Gasteiger partial charge in [-0.2, -0.15) is 0 Å². The molecule has 0 saturated heterocycles. The van der Waals surface area contributed by atoms with Gasteiger partial charge in [0.05, 0.1) is 29.0 Å². The van der Waals surface area contributed by atoms with Crippen LogP contribution in [0, 0.1) is 10.1 Å². The molecule has 0 amide bonds. The van der Waals surface area contributed by atoms with Crippen molar-refractivity contribution in [3.63, 3.8) is 0 Å². The van der Waals surface area contributed by atoms with Crippen LogP contribution in [-0.2, 0) is 0 Å². The minimum absolute atomic E-state index is 0.0432. The summed E-state index contributed by atoms with van der Waals surface area (Å²) in [5, 5.41) is 10.7. The molecule has 6 nitrogen and oxygen atoms in total. The van der Waals surface area contributed by atoms with Crippen molar-refractivity contribution in [2.24, 2.45) is 0 Å². The Kier molecular flexibility index (Phi) is 3.83. The Bertz CT molecular complexity index is 447. The van der Waals surface area contributed by atoms with Crippen LogP contribution in [0.1, 0.15) is 10.4 Å². The van der Waals surface area contributed by atoms with E-state index < -0.39 is 4.92 Å². The van der Waals surface area contributed by atoms with E-state index in [9.17, 15) is 14.9 Å². The van der Waals surface area contributed by atoms with Crippen molar-refractivity contribution in [1.82, 2.24) is 0 Å². The van der Waals surface area contributed by atoms with Crippen molar-refractivity contribution in [3.8, 4) is 5.75 Å². The van der Waals surface area contributed by atoms with Crippen LogP contribution < -0.4 is 10.5 Å². The number of anilines is 1. The van der Waals surface area contributed by atoms with E-state index in [-0.39, 0.29) is 33.8 Å². The molecule has 0 aliphatic heterocycles. The maximum atomic E-state index is 11.5. The molecule has 0 atom stereocenters. The predicted molar refractivity (Wildman–Crippen MR) is 62.2 cm³/mol. The number of nitrogens with two attached hydrogens (primary N) is 1. The van der Waals surface area contributed by atoms with E-state index in [2.05, 4.69) is 15.9 Å². The molecule has 0 aromatic heterocycles. The molecule has 1 rings (SSSR count). The van der Waals surface area contributed by atoms with Crippen LogP contribution in [0.3, 0.4) is 0 Å². The molecule has 1 aromatic carbocycles. The largest absolute Gasteiger partial charge is 0.496 e. The fourth-order valence-electron chi connectivity index (χ4n) is 1.18. The highest BCUT2D eigenvalue weighted by molar-refractivity contribution is 9.09. The first-order valence-electron chi connectivity index (χ1n) is 4.22. The van der Waals surface area contributed by atoms with E-state index in [4.69, 9.17) is 10.5 Å². The molecule has 2 N–H and O–H groups in total. The summed E-state index contributed by atoms with van der Waals surface area (Å²) in [6, 6.07) is 2.56. The van der Waals surface area contributed by atoms with E-state index in [1.165, 1.54) is 19.2 Å². The first-order valence-corrected chi connectivity index (χ1v) is 5.34. The summed E-state index contributed by atoms with van der Waals surface area (Å²) in [4.78, 5) is 21.5. The van der Waals surface area contributed by atoms with Gasteiger partial charge in [-0.3, -0.25) is 14.9 Å². The van der Waals surface area contributed by atoms with Crippen LogP contribution in [0.25, 0.3) is 0 Å². The topological polar surface area (TPSA) is 95.5 Å². The number of nitrogens with zero attached hydrogens (tertiary/aromatic N) is 1. The molecule has 16 heavy (non-hydrogen) atoms. The smallest absolute Gasteiger partial charge is 0.296 e. The van der Waals surface area contributed by atoms with Gasteiger partial charge in [-0.25, -0.2) is 0 Å². The second-order valence-electron chi connectivity index (χ2n) is 2.92. The Morgan fingerprint density at radius 2 is 2.25 bits per heavy atom. The number of nitro groups is 1. The number of carbonyl (C=O) groups excluding carboxylic acids is 1. The Balaban J connectivity index is 3.43. The number of alkyl halides is 1. The van der Waals surface area contributed by atoms with Gasteiger partial charge in [-0.15, -0.1) is 0 Å². The summed E-state index contributed by atoms with van der Waals surface area (Å²) >= 11 is 2.98. The lowest BCUT2D eigenvalue weighted by Gasteiger charge is -2.06. The fourth-order valence-corrected chi connectivity index (χ4v) is 1.49. The molecule has 7 heteroatoms. The van der Waals surface area contributed by atoms with Gasteiger partial charge < -0.3 is 10.5 Å². The zero-order valence-electron chi connectivity index (χ0n) is 8.40. The predicted octanol–water partition coefficient (Wildman–Crippen LogP) is 1.76. The summed E-state index contributed by atoms with van der Waals surface area (Å²) in [5.74, 6) is -0.107. The number of rotatable bonds is 4. The number of ketones is 1. The average molecular weight is 289 g/mol. The van der Waals surface area contributed by atoms with Crippen LogP contribution in [0.15, 0.2) is 12.1 Å². The normalized spacial score (nSPS) is 9.88. The Hall–Kier alpha value is -1.63. The van der Waals surface area contributed by atoms with E-state index in [1.807, 2.05) is 0 Å². The lowest BCUT2D eigenvalue weighted by Crippen LogP contribution is -2.08. The third-order valence-electron chi connectivity index (χ3n) is 1.99. The van der Waals surface area contributed by atoms with Crippen LogP contribution in [-0.4, -0.2) is 23.1 Å². The van der Waals surface area contributed by atoms with Crippen molar-refractivity contribution < 1.29 is 14.5 Å². The third kappa shape index (κ3) is 2.30. The number of Topliss-reactive ketones (excluding diaryl/α,β-unsaturated/α-hetero) is 1. The summed E-state index contributed by atoms with van der Waals surface area (Å²) < 4.78 is 4.87. The standard InChI is InChI=1S/C9H9BrN2O4/c1-16-5-2-6(8(13)4-10)9(11)7(3-5)12(14)15/h2-3H,4,11H2,1H3. The molecule has 0 unspecified atom stereocenters. The molecule has 0 radical (unpaired) electrons. The zero-order valence-corrected chi connectivity index (χ0v) is 9.98. The highest BCUT2D eigenvalue weighted by Gasteiger charge is 2.21. The van der Waals surface area contributed by atoms with E-state index in [0.29, 0.717) is 0 Å². The number of hydrogen-bond donors (Lipinski definition) is 1. The van der Waals surface area contributed by atoms with Crippen molar-refractivity contribution in [2.75, 3.05) is 18.2 Å². The summed E-state index contributed by atoms with van der Waals surface area (Å²) in [6.07, 6.45) is 0. The number of nitrogen functional groups attached to an aromatic ring is 1. The highest BCUT2D eigenvalue weighted by atomic mass is 79.9. The molecule has 0 saturated carbocycles. The van der Waals surface area contributed by atoms with Crippen LogP contribution in [0.4, 0.5) is 11.4 Å². The second-order valence-corrected chi connectivity index (χ2v) is 3.48. The number of methoxy groups -OCH3 is 1. The average Bonchev–Trinajstić information content (AvgIpc) is 2.28. The third-order valence-corrected chi connectivity index (χ3v) is 2.50. The van der Waals surface area contributed by atoms with Crippen molar-refractivity contribution in [1.29, 1.82) is 0 Å². The summed E-state index contributed by atoms with van der Waals surface area (Å²) in [7, 11) is 1.36. The maximum Gasteiger partial charge on any atom is 0.296 e. The molecular formula is C9H9BrN2O4. The molecule has 0 spiro atoms. The lowest BCUT2D eigenvalue weighted by atomic mass is 10.1. The van der Waals surface area contributed by atoms with Crippen LogP contribution in [0.2, 0.25) is 0 Å². The van der Waals surface area contributed by atoms with Gasteiger partial charge in [0, 0.05) is 0 Å². The number of carbonyl (C=O) groups is 1. The lowest BCUT2D eigenvalue weighted by molar-refractivity contribution is -0.384. The number of hydrogen-bond acceptors (Lipinski definition) is 5. The van der Waals surface area contributed by atoms with E-state index in [0.717, 1.165) is 0 Å². The second kappa shape index (κ2) is 4.93. The van der Waals surface area contributed by atoms with Crippen molar-refractivity contribution in [3.05, 3.63) is 27.8 Å². The SMILES string of the molecule is COc1cc(C(=O)CBr)c(N)c([N+](=O)[O-])c1. The van der Waals surface area contributed by atoms with Gasteiger partial charge in [0.15, 0.2) is 5.78 Å². The molecule has 86 valence electrons. The fraction of sp³-hybridized carbons (Fsp3) is 0.222. The molecule has 1 aromatic rings. The summed E-state index contributed by atoms with van der Waals surface area (Å²) in [6.45, 7) is 0. The molecule has 0 fully saturated rings. The molecule has 0 heterocycles. The Morgan fingerprint density at radius 1 is 1.62 bits per heavy atom. The molecular weight excluding hydrogens is 280 g/mol. The van der Waals surface area contributed by atoms with Crippen LogP contribution in [0.5, 0.6) is 5.75 Å². The highest BCUT2D eigenvalue weighted by Crippen LogP contribution is 2.31. The minimum Gasteiger partial charge on any atom is -0.496 e. The number of benzene rings is 1. The number of ether oxygens (including phenoxy) is 1. The molecule has 0 aliphatic carbocycles. The van der Waals surface area contributed by atoms with Crippen molar-refractivity contribution >= 4 is 33.1 Å². The Morgan fingerprint density at radius 3 is 2.69 bits per heavy atom. The van der Waals surface area contributed by atoms with Gasteiger partial charge in [-0.05, 0) is 6.07 Å². The Labute approximate surface area is 99.7 Å². The van der Waals surface area contributed by atoms with E-state index in [1.54, 1.807) is 0 Å². The first-order chi connectivity index (χ1) is 7.51. The van der Waals surface area contributed by atoms with Gasteiger partial charge in [0.25, 0.3) is 5.69 Å². The first kappa shape index (κ1) is 12.4. The molecule has 0 aliphatic rings. The van der Waals surface area contributed by atoms with E-state index >= 15 is 0 Å². The zero-order chi connectivity index (χ0) is 12.3. The van der Waals surface area contributed by atoms with Gasteiger partial charge in [-0.1, -0.05) is 15.9 Å². The van der Waals surface area contributed by atoms with Crippen LogP contribution >= 0.6 is 15.9 Å². The number of nitro benzene ring substituents is 1. The van der Waals surface area contributed by atoms with Gasteiger partial charge in [0.1, 0.15) is 11.4 Å². The summed E-state index contributed by atoms with van der Waals surface area (Å²) in [5.41, 5.74) is 5.16. The number of halogens is 1. The van der Waals surface area contributed by atoms with Crippen molar-refractivity contribution in [2.45, 2.75) is 0 Å². The maximum absolute atomic E-state index is 11.5. The molecule has 0 bridgehead atoms. The van der Waals surface area contributed by atoms with Gasteiger partial charge >= 0.3 is 0 Å².